The third-order valence-corrected chi connectivity index (χ3v) is 6.07. The number of carbonyl (C=O) groups excluding carboxylic acids is 1. The maximum atomic E-state index is 12.9. The smallest absolute Gasteiger partial charge is 0.323 e. The molecule has 0 saturated heterocycles. The molecule has 8 heteroatoms. The van der Waals surface area contributed by atoms with E-state index in [1.165, 1.54) is 0 Å². The van der Waals surface area contributed by atoms with Crippen LogP contribution in [0.25, 0.3) is 0 Å². The highest BCUT2D eigenvalue weighted by atomic mass is 35.5. The molecule has 3 aromatic carbocycles. The summed E-state index contributed by atoms with van der Waals surface area (Å²) in [7, 11) is 1.64. The lowest BCUT2D eigenvalue weighted by Gasteiger charge is -2.28. The molecule has 3 rings (SSSR count). The van der Waals surface area contributed by atoms with E-state index in [4.69, 9.17) is 16.3 Å². The summed E-state index contributed by atoms with van der Waals surface area (Å²) in [5.41, 5.74) is 5.03. The van der Waals surface area contributed by atoms with Gasteiger partial charge in [0.15, 0.2) is 0 Å². The van der Waals surface area contributed by atoms with E-state index in [1.54, 1.807) is 7.11 Å². The minimum atomic E-state index is -0.873. The number of carbonyl (C=O) groups is 2. The maximum Gasteiger partial charge on any atom is 0.323 e. The Morgan fingerprint density at radius 1 is 1.03 bits per heavy atom. The summed E-state index contributed by atoms with van der Waals surface area (Å²) in [6.45, 7) is 5.47. The number of hydrogen-bond donors (Lipinski definition) is 3. The van der Waals surface area contributed by atoms with Crippen molar-refractivity contribution in [2.45, 2.75) is 32.7 Å². The molecule has 0 radical (unpaired) electrons. The minimum absolute atomic E-state index is 0.00743. The number of aliphatic carboxylic acids is 1. The van der Waals surface area contributed by atoms with Crippen LogP contribution in [0, 0.1) is 6.92 Å². The van der Waals surface area contributed by atoms with Crippen LogP contribution in [0.15, 0.2) is 66.7 Å². The van der Waals surface area contributed by atoms with E-state index in [0.29, 0.717) is 36.1 Å². The highest BCUT2D eigenvalue weighted by Gasteiger charge is 2.18. The van der Waals surface area contributed by atoms with Crippen molar-refractivity contribution in [3.05, 3.63) is 88.4 Å². The van der Waals surface area contributed by atoms with Crippen LogP contribution >= 0.6 is 11.6 Å². The fraction of sp³-hybridized carbons (Fsp3) is 0.286. The molecule has 0 aliphatic rings. The van der Waals surface area contributed by atoms with Gasteiger partial charge in [0.1, 0.15) is 0 Å². The number of nitrogens with zero attached hydrogens (tertiary/aromatic N) is 1. The molecule has 0 heterocycles. The molecule has 1 unspecified atom stereocenters. The van der Waals surface area contributed by atoms with Gasteiger partial charge in [0.25, 0.3) is 0 Å². The van der Waals surface area contributed by atoms with E-state index < -0.39 is 5.97 Å². The number of rotatable bonds is 11. The van der Waals surface area contributed by atoms with E-state index in [-0.39, 0.29) is 18.4 Å². The average molecular weight is 510 g/mol. The number of aryl methyl sites for hydroxylation is 1. The molecule has 0 spiro atoms. The molecule has 1 atom stereocenters. The zero-order valence-corrected chi connectivity index (χ0v) is 21.5. The van der Waals surface area contributed by atoms with Crippen LogP contribution in [0.4, 0.5) is 21.9 Å². The Labute approximate surface area is 217 Å². The van der Waals surface area contributed by atoms with Crippen LogP contribution in [0.5, 0.6) is 0 Å². The third kappa shape index (κ3) is 8.00. The first-order valence-corrected chi connectivity index (χ1v) is 12.1. The van der Waals surface area contributed by atoms with Crippen molar-refractivity contribution in [3.63, 3.8) is 0 Å². The minimum Gasteiger partial charge on any atom is -0.481 e. The third-order valence-electron chi connectivity index (χ3n) is 5.82. The normalized spacial score (nSPS) is 11.6. The van der Waals surface area contributed by atoms with Gasteiger partial charge in [0, 0.05) is 30.9 Å². The molecule has 0 aliphatic heterocycles. The number of methoxy groups -OCH3 is 1. The van der Waals surface area contributed by atoms with Crippen molar-refractivity contribution in [2.24, 2.45) is 0 Å². The Bertz CT molecular complexity index is 1170. The molecule has 7 nitrogen and oxygen atoms in total. The van der Waals surface area contributed by atoms with Crippen molar-refractivity contribution >= 4 is 40.7 Å². The Kier molecular flexibility index (Phi) is 9.73. The van der Waals surface area contributed by atoms with Crippen molar-refractivity contribution in [3.8, 4) is 0 Å². The number of halogens is 1. The number of hydrogen-bond acceptors (Lipinski definition) is 4. The highest BCUT2D eigenvalue weighted by Crippen LogP contribution is 2.32. The maximum absolute atomic E-state index is 12.9. The first-order chi connectivity index (χ1) is 17.2. The van der Waals surface area contributed by atoms with E-state index >= 15 is 0 Å². The Balaban J connectivity index is 1.93. The summed E-state index contributed by atoms with van der Waals surface area (Å²) in [6.07, 6.45) is -0.00743. The van der Waals surface area contributed by atoms with Crippen LogP contribution < -0.4 is 15.5 Å². The SMILES string of the molecule is COCCN(Cc1ccc(Cl)cc1)c1ccc(C(C)CC(=O)O)cc1NC(=O)Nc1ccc(C)cc1. The van der Waals surface area contributed by atoms with Crippen LogP contribution in [0.2, 0.25) is 5.02 Å². The lowest BCUT2D eigenvalue weighted by Crippen LogP contribution is -2.29. The standard InChI is InChI=1S/C28H32ClN3O4/c1-19-4-11-24(12-5-19)30-28(35)31-25-17-22(20(2)16-27(33)34)8-13-26(25)32(14-15-36-3)18-21-6-9-23(29)10-7-21/h4-13,17,20H,14-16,18H2,1-3H3,(H,33,34)(H2,30,31,35). The first kappa shape index (κ1) is 27.0. The number of nitrogens with one attached hydrogen (secondary N) is 2. The molecule has 2 amide bonds. The number of benzene rings is 3. The van der Waals surface area contributed by atoms with Gasteiger partial charge in [-0.25, -0.2) is 4.79 Å². The van der Waals surface area contributed by atoms with E-state index in [2.05, 4.69) is 15.5 Å². The molecule has 0 aromatic heterocycles. The summed E-state index contributed by atoms with van der Waals surface area (Å²) in [5, 5.41) is 15.8. The molecule has 190 valence electrons. The summed E-state index contributed by atoms with van der Waals surface area (Å²) in [6, 6.07) is 20.4. The van der Waals surface area contributed by atoms with Crippen LogP contribution in [0.3, 0.4) is 0 Å². The van der Waals surface area contributed by atoms with Gasteiger partial charge >= 0.3 is 12.0 Å². The zero-order valence-electron chi connectivity index (χ0n) is 20.8. The molecule has 0 saturated carbocycles. The van der Waals surface area contributed by atoms with Crippen molar-refractivity contribution in [2.75, 3.05) is 35.8 Å². The number of carboxylic acids is 1. The average Bonchev–Trinajstić information content (AvgIpc) is 2.84. The van der Waals surface area contributed by atoms with Gasteiger partial charge in [0.2, 0.25) is 0 Å². The van der Waals surface area contributed by atoms with Crippen molar-refractivity contribution < 1.29 is 19.4 Å². The first-order valence-electron chi connectivity index (χ1n) is 11.7. The number of anilines is 3. The van der Waals surface area contributed by atoms with E-state index in [9.17, 15) is 14.7 Å². The molecule has 0 fully saturated rings. The van der Waals surface area contributed by atoms with Crippen LogP contribution in [-0.2, 0) is 16.1 Å². The predicted molar refractivity (Wildman–Crippen MR) is 145 cm³/mol. The molecular weight excluding hydrogens is 478 g/mol. The molecule has 36 heavy (non-hydrogen) atoms. The lowest BCUT2D eigenvalue weighted by molar-refractivity contribution is -0.137. The lowest BCUT2D eigenvalue weighted by atomic mass is 9.96. The second-order valence-corrected chi connectivity index (χ2v) is 9.20. The van der Waals surface area contributed by atoms with Gasteiger partial charge in [-0.2, -0.15) is 0 Å². The monoisotopic (exact) mass is 509 g/mol. The van der Waals surface area contributed by atoms with E-state index in [0.717, 1.165) is 22.4 Å². The Morgan fingerprint density at radius 2 is 1.72 bits per heavy atom. The summed E-state index contributed by atoms with van der Waals surface area (Å²) >= 11 is 6.06. The summed E-state index contributed by atoms with van der Waals surface area (Å²) in [4.78, 5) is 26.3. The van der Waals surface area contributed by atoms with Gasteiger partial charge in [-0.1, -0.05) is 54.4 Å². The predicted octanol–water partition coefficient (Wildman–Crippen LogP) is 6.52. The van der Waals surface area contributed by atoms with Gasteiger partial charge in [-0.15, -0.1) is 0 Å². The molecule has 0 aliphatic carbocycles. The number of carboxylic acid groups (broad SMARTS) is 1. The van der Waals surface area contributed by atoms with Crippen LogP contribution in [0.1, 0.15) is 36.0 Å². The van der Waals surface area contributed by atoms with Gasteiger partial charge in [0.05, 0.1) is 24.4 Å². The quantitative estimate of drug-likeness (QED) is 0.273. The fourth-order valence-electron chi connectivity index (χ4n) is 3.83. The Hall–Kier alpha value is -3.55. The number of urea groups is 1. The number of ether oxygens (including phenoxy) is 1. The molecule has 0 bridgehead atoms. The van der Waals surface area contributed by atoms with Gasteiger partial charge in [-0.05, 0) is 60.4 Å². The van der Waals surface area contributed by atoms with Crippen molar-refractivity contribution in [1.29, 1.82) is 0 Å². The van der Waals surface area contributed by atoms with E-state index in [1.807, 2.05) is 80.6 Å². The Morgan fingerprint density at radius 3 is 2.36 bits per heavy atom. The van der Waals surface area contributed by atoms with Crippen molar-refractivity contribution in [1.82, 2.24) is 0 Å². The molecular formula is C28H32ClN3O4. The second kappa shape index (κ2) is 13.0. The fourth-order valence-corrected chi connectivity index (χ4v) is 3.96. The highest BCUT2D eigenvalue weighted by molar-refractivity contribution is 6.30. The largest absolute Gasteiger partial charge is 0.481 e. The summed E-state index contributed by atoms with van der Waals surface area (Å²) in [5.74, 6) is -1.09. The van der Waals surface area contributed by atoms with Crippen LogP contribution in [-0.4, -0.2) is 37.4 Å². The number of amides is 2. The topological polar surface area (TPSA) is 90.9 Å². The summed E-state index contributed by atoms with van der Waals surface area (Å²) < 4.78 is 5.34. The van der Waals surface area contributed by atoms with Gasteiger partial charge in [-0.3, -0.25) is 4.79 Å². The second-order valence-electron chi connectivity index (χ2n) is 8.76. The van der Waals surface area contributed by atoms with Gasteiger partial charge < -0.3 is 25.4 Å². The zero-order chi connectivity index (χ0) is 26.1. The molecule has 3 N–H and O–H groups in total. The molecule has 3 aromatic rings.